The highest BCUT2D eigenvalue weighted by molar-refractivity contribution is 9.10. The Balaban J connectivity index is 2.22. The van der Waals surface area contributed by atoms with Gasteiger partial charge in [0.1, 0.15) is 5.69 Å². The van der Waals surface area contributed by atoms with E-state index in [9.17, 15) is 5.11 Å². The van der Waals surface area contributed by atoms with Gasteiger partial charge in [-0.05, 0) is 31.5 Å². The highest BCUT2D eigenvalue weighted by Gasteiger charge is 2.12. The lowest BCUT2D eigenvalue weighted by molar-refractivity contribution is 0.193. The zero-order valence-corrected chi connectivity index (χ0v) is 11.3. The van der Waals surface area contributed by atoms with Gasteiger partial charge in [0.15, 0.2) is 0 Å². The smallest absolute Gasteiger partial charge is 0.114 e. The molecule has 1 aromatic heterocycles. The molecule has 17 heavy (non-hydrogen) atoms. The number of rotatable bonds is 3. The Labute approximate surface area is 108 Å². The Bertz CT molecular complexity index is 505. The van der Waals surface area contributed by atoms with Crippen LogP contribution in [0.15, 0.2) is 28.7 Å². The molecule has 2 rings (SSSR count). The maximum Gasteiger partial charge on any atom is 0.114 e. The van der Waals surface area contributed by atoms with Gasteiger partial charge in [0.2, 0.25) is 0 Å². The zero-order valence-electron chi connectivity index (χ0n) is 9.76. The first-order chi connectivity index (χ1) is 8.08. The molecule has 0 bridgehead atoms. The monoisotopic (exact) mass is 295 g/mol. The highest BCUT2D eigenvalue weighted by atomic mass is 79.9. The van der Waals surface area contributed by atoms with E-state index in [1.165, 1.54) is 0 Å². The minimum Gasteiger partial charge on any atom is -0.387 e. The van der Waals surface area contributed by atoms with Crippen molar-refractivity contribution in [3.63, 3.8) is 0 Å². The molecule has 0 amide bonds. The van der Waals surface area contributed by atoms with Gasteiger partial charge in [-0.1, -0.05) is 33.3 Å². The van der Waals surface area contributed by atoms with Crippen molar-refractivity contribution in [3.05, 3.63) is 45.7 Å². The number of aliphatic hydroxyl groups excluding tert-OH is 1. The van der Waals surface area contributed by atoms with E-state index in [4.69, 9.17) is 0 Å². The molecule has 1 N–H and O–H groups in total. The third kappa shape index (κ3) is 2.73. The van der Waals surface area contributed by atoms with Gasteiger partial charge in [-0.25, -0.2) is 4.68 Å². The Morgan fingerprint density at radius 1 is 1.35 bits per heavy atom. The van der Waals surface area contributed by atoms with Crippen LogP contribution in [0.2, 0.25) is 0 Å². The van der Waals surface area contributed by atoms with Gasteiger partial charge in [0.25, 0.3) is 0 Å². The van der Waals surface area contributed by atoms with Crippen LogP contribution in [0.4, 0.5) is 0 Å². The van der Waals surface area contributed by atoms with E-state index in [1.54, 1.807) is 11.6 Å². The van der Waals surface area contributed by atoms with Crippen molar-refractivity contribution in [2.24, 2.45) is 0 Å². The maximum atomic E-state index is 9.50. The van der Waals surface area contributed by atoms with Gasteiger partial charge in [-0.3, -0.25) is 0 Å². The molecular formula is C12H14BrN3O. The highest BCUT2D eigenvalue weighted by Crippen LogP contribution is 2.15. The van der Waals surface area contributed by atoms with Crippen molar-refractivity contribution >= 4 is 15.9 Å². The average molecular weight is 296 g/mol. The van der Waals surface area contributed by atoms with Crippen LogP contribution >= 0.6 is 15.9 Å². The molecule has 0 aliphatic heterocycles. The number of hydrogen-bond acceptors (Lipinski definition) is 3. The molecular weight excluding hydrogens is 282 g/mol. The molecule has 1 atom stereocenters. The summed E-state index contributed by atoms with van der Waals surface area (Å²) >= 11 is 3.40. The van der Waals surface area contributed by atoms with Crippen LogP contribution in [0, 0.1) is 6.92 Å². The normalized spacial score (nSPS) is 12.7. The predicted octanol–water partition coefficient (Wildman–Crippen LogP) is 2.45. The summed E-state index contributed by atoms with van der Waals surface area (Å²) in [6.45, 7) is 4.28. The second kappa shape index (κ2) is 4.98. The SMILES string of the molecule is Cc1c(C(C)O)nnn1Cc1ccc(Br)cc1. The van der Waals surface area contributed by atoms with Crippen molar-refractivity contribution in [2.75, 3.05) is 0 Å². The molecule has 0 saturated carbocycles. The van der Waals surface area contributed by atoms with Crippen LogP contribution in [0.5, 0.6) is 0 Å². The van der Waals surface area contributed by atoms with Crippen LogP contribution in [-0.2, 0) is 6.54 Å². The van der Waals surface area contributed by atoms with Crippen molar-refractivity contribution in [2.45, 2.75) is 26.5 Å². The molecule has 0 radical (unpaired) electrons. The molecule has 0 aliphatic carbocycles. The van der Waals surface area contributed by atoms with Crippen molar-refractivity contribution in [1.82, 2.24) is 15.0 Å². The molecule has 1 aromatic carbocycles. The second-order valence-corrected chi connectivity index (χ2v) is 4.94. The molecule has 5 heteroatoms. The van der Waals surface area contributed by atoms with Crippen LogP contribution in [0.25, 0.3) is 0 Å². The quantitative estimate of drug-likeness (QED) is 0.946. The summed E-state index contributed by atoms with van der Waals surface area (Å²) in [5.41, 5.74) is 2.70. The molecule has 90 valence electrons. The van der Waals surface area contributed by atoms with Gasteiger partial charge in [-0.15, -0.1) is 5.10 Å². The van der Waals surface area contributed by atoms with Crippen molar-refractivity contribution < 1.29 is 5.11 Å². The minimum absolute atomic E-state index is 0.575. The number of aliphatic hydroxyl groups is 1. The summed E-state index contributed by atoms with van der Waals surface area (Å²) in [6.07, 6.45) is -0.575. The third-order valence-corrected chi connectivity index (χ3v) is 3.19. The van der Waals surface area contributed by atoms with Gasteiger partial charge in [-0.2, -0.15) is 0 Å². The first-order valence-corrected chi connectivity index (χ1v) is 6.19. The van der Waals surface area contributed by atoms with Crippen molar-refractivity contribution in [1.29, 1.82) is 0 Å². The number of aromatic nitrogens is 3. The van der Waals surface area contributed by atoms with Crippen LogP contribution in [-0.4, -0.2) is 20.1 Å². The molecule has 0 fully saturated rings. The van der Waals surface area contributed by atoms with E-state index >= 15 is 0 Å². The Hall–Kier alpha value is -1.20. The van der Waals surface area contributed by atoms with E-state index in [-0.39, 0.29) is 0 Å². The number of benzene rings is 1. The van der Waals surface area contributed by atoms with Crippen molar-refractivity contribution in [3.8, 4) is 0 Å². The van der Waals surface area contributed by atoms with E-state index in [1.807, 2.05) is 31.2 Å². The summed E-state index contributed by atoms with van der Waals surface area (Å²) in [6, 6.07) is 8.06. The summed E-state index contributed by atoms with van der Waals surface area (Å²) < 4.78 is 2.85. The fourth-order valence-corrected chi connectivity index (χ4v) is 1.94. The minimum atomic E-state index is -0.575. The molecule has 1 heterocycles. The molecule has 1 unspecified atom stereocenters. The van der Waals surface area contributed by atoms with Crippen LogP contribution in [0.3, 0.4) is 0 Å². The number of halogens is 1. The summed E-state index contributed by atoms with van der Waals surface area (Å²) in [5, 5.41) is 17.5. The summed E-state index contributed by atoms with van der Waals surface area (Å²) in [4.78, 5) is 0. The van der Waals surface area contributed by atoms with Gasteiger partial charge >= 0.3 is 0 Å². The summed E-state index contributed by atoms with van der Waals surface area (Å²) in [7, 11) is 0. The Morgan fingerprint density at radius 3 is 2.53 bits per heavy atom. The lowest BCUT2D eigenvalue weighted by Crippen LogP contribution is -2.04. The first-order valence-electron chi connectivity index (χ1n) is 5.40. The van der Waals surface area contributed by atoms with Crippen LogP contribution < -0.4 is 0 Å². The summed E-state index contributed by atoms with van der Waals surface area (Å²) in [5.74, 6) is 0. The van der Waals surface area contributed by atoms with E-state index in [0.717, 1.165) is 15.7 Å². The average Bonchev–Trinajstić information content (AvgIpc) is 2.64. The largest absolute Gasteiger partial charge is 0.387 e. The topological polar surface area (TPSA) is 50.9 Å². The fourth-order valence-electron chi connectivity index (χ4n) is 1.67. The maximum absolute atomic E-state index is 9.50. The fraction of sp³-hybridized carbons (Fsp3) is 0.333. The van der Waals surface area contributed by atoms with Gasteiger partial charge < -0.3 is 5.11 Å². The Kier molecular flexibility index (Phi) is 3.59. The lowest BCUT2D eigenvalue weighted by atomic mass is 10.2. The first kappa shape index (κ1) is 12.3. The van der Waals surface area contributed by atoms with Gasteiger partial charge in [0.05, 0.1) is 18.3 Å². The predicted molar refractivity (Wildman–Crippen MR) is 68.6 cm³/mol. The van der Waals surface area contributed by atoms with E-state index in [0.29, 0.717) is 12.2 Å². The zero-order chi connectivity index (χ0) is 12.4. The standard InChI is InChI=1S/C12H14BrN3O/c1-8-12(9(2)17)14-15-16(8)7-10-3-5-11(13)6-4-10/h3-6,9,17H,7H2,1-2H3. The van der Waals surface area contributed by atoms with Crippen LogP contribution in [0.1, 0.15) is 30.0 Å². The molecule has 2 aromatic rings. The van der Waals surface area contributed by atoms with E-state index in [2.05, 4.69) is 26.2 Å². The second-order valence-electron chi connectivity index (χ2n) is 4.02. The Morgan fingerprint density at radius 2 is 2.00 bits per heavy atom. The lowest BCUT2D eigenvalue weighted by Gasteiger charge is -2.05. The van der Waals surface area contributed by atoms with E-state index < -0.39 is 6.10 Å². The molecule has 0 saturated heterocycles. The number of hydrogen-bond donors (Lipinski definition) is 1. The molecule has 0 aliphatic rings. The van der Waals surface area contributed by atoms with Gasteiger partial charge in [0, 0.05) is 4.47 Å². The number of nitrogens with zero attached hydrogens (tertiary/aromatic N) is 3. The third-order valence-electron chi connectivity index (χ3n) is 2.66. The molecule has 0 spiro atoms. The molecule has 4 nitrogen and oxygen atoms in total.